The van der Waals surface area contributed by atoms with Crippen LogP contribution < -0.4 is 5.73 Å². The van der Waals surface area contributed by atoms with Gasteiger partial charge in [0.2, 0.25) is 11.8 Å². The number of primary amides is 1. The van der Waals surface area contributed by atoms with Crippen molar-refractivity contribution in [2.45, 2.75) is 65.1 Å². The molecule has 9 nitrogen and oxygen atoms in total. The average Bonchev–Trinajstić information content (AvgIpc) is 3.02. The van der Waals surface area contributed by atoms with Gasteiger partial charge in [-0.15, -0.1) is 0 Å². The molecule has 0 saturated carbocycles. The molecule has 2 aromatic rings. The Labute approximate surface area is 206 Å². The van der Waals surface area contributed by atoms with Crippen molar-refractivity contribution in [2.24, 2.45) is 5.73 Å². The van der Waals surface area contributed by atoms with E-state index in [-0.39, 0.29) is 17.2 Å². The van der Waals surface area contributed by atoms with Gasteiger partial charge in [0.05, 0.1) is 24.3 Å². The van der Waals surface area contributed by atoms with Crippen LogP contribution >= 0.6 is 0 Å². The van der Waals surface area contributed by atoms with Crippen LogP contribution in [0.15, 0.2) is 30.6 Å². The van der Waals surface area contributed by atoms with Gasteiger partial charge in [0.1, 0.15) is 6.04 Å². The summed E-state index contributed by atoms with van der Waals surface area (Å²) in [6, 6.07) is 7.55. The van der Waals surface area contributed by atoms with Crippen molar-refractivity contribution in [3.05, 3.63) is 53.1 Å². The van der Waals surface area contributed by atoms with Crippen LogP contribution in [0, 0.1) is 0 Å². The molecule has 4 amide bonds. The molecule has 1 aromatic carbocycles. The maximum atomic E-state index is 13.5. The Morgan fingerprint density at radius 1 is 1.03 bits per heavy atom. The number of imidazole rings is 1. The largest absolute Gasteiger partial charge is 0.351 e. The van der Waals surface area contributed by atoms with Crippen LogP contribution in [0.4, 0.5) is 4.79 Å². The van der Waals surface area contributed by atoms with Gasteiger partial charge in [-0.3, -0.25) is 9.59 Å². The van der Waals surface area contributed by atoms with Gasteiger partial charge >= 0.3 is 6.03 Å². The third-order valence-corrected chi connectivity index (χ3v) is 7.10. The predicted molar refractivity (Wildman–Crippen MR) is 133 cm³/mol. The van der Waals surface area contributed by atoms with Crippen LogP contribution in [0.2, 0.25) is 0 Å². The van der Waals surface area contributed by atoms with Crippen LogP contribution in [0.25, 0.3) is 0 Å². The highest BCUT2D eigenvalue weighted by Crippen LogP contribution is 2.26. The number of rotatable bonds is 3. The SMILES string of the molecule is CC(=O)N1Cc2c(ncn2Cc2ccc(C(C)(C)C)cc2)CC1C(=O)N1CCCN(C(N)=O)CC1. The van der Waals surface area contributed by atoms with Crippen molar-refractivity contribution in [3.8, 4) is 0 Å². The van der Waals surface area contributed by atoms with Gasteiger partial charge < -0.3 is 25.0 Å². The number of carbonyl (C=O) groups is 3. The van der Waals surface area contributed by atoms with Crippen LogP contribution in [0.3, 0.4) is 0 Å². The summed E-state index contributed by atoms with van der Waals surface area (Å²) in [5, 5.41) is 0. The molecule has 0 spiro atoms. The Morgan fingerprint density at radius 3 is 2.31 bits per heavy atom. The van der Waals surface area contributed by atoms with Crippen molar-refractivity contribution in [3.63, 3.8) is 0 Å². The Kier molecular flexibility index (Phi) is 6.87. The van der Waals surface area contributed by atoms with E-state index in [2.05, 4.69) is 54.6 Å². The van der Waals surface area contributed by atoms with E-state index in [1.807, 2.05) is 6.33 Å². The maximum absolute atomic E-state index is 13.5. The summed E-state index contributed by atoms with van der Waals surface area (Å²) in [6.07, 6.45) is 2.86. The fraction of sp³-hybridized carbons (Fsp3) is 0.538. The monoisotopic (exact) mass is 480 g/mol. The van der Waals surface area contributed by atoms with E-state index >= 15 is 0 Å². The molecule has 9 heteroatoms. The predicted octanol–water partition coefficient (Wildman–Crippen LogP) is 2.12. The zero-order valence-electron chi connectivity index (χ0n) is 21.2. The lowest BCUT2D eigenvalue weighted by Crippen LogP contribution is -2.54. The van der Waals surface area contributed by atoms with Crippen molar-refractivity contribution in [1.29, 1.82) is 0 Å². The number of fused-ring (bicyclic) bond motifs is 1. The first-order chi connectivity index (χ1) is 16.5. The molecule has 1 unspecified atom stereocenters. The third kappa shape index (κ3) is 5.33. The highest BCUT2D eigenvalue weighted by Gasteiger charge is 2.38. The Bertz CT molecular complexity index is 1100. The molecule has 2 aliphatic rings. The Hall–Kier alpha value is -3.36. The molecule has 0 bridgehead atoms. The summed E-state index contributed by atoms with van der Waals surface area (Å²) in [4.78, 5) is 47.2. The van der Waals surface area contributed by atoms with Gasteiger partial charge in [0.25, 0.3) is 0 Å². The molecule has 1 fully saturated rings. The molecule has 4 rings (SSSR count). The summed E-state index contributed by atoms with van der Waals surface area (Å²) in [6.45, 7) is 11.0. The van der Waals surface area contributed by atoms with Gasteiger partial charge in [-0.1, -0.05) is 45.0 Å². The number of amides is 4. The number of hydrogen-bond donors (Lipinski definition) is 1. The number of carbonyl (C=O) groups excluding carboxylic acids is 3. The second kappa shape index (κ2) is 9.71. The topological polar surface area (TPSA) is 105 Å². The number of nitrogens with two attached hydrogens (primary N) is 1. The van der Waals surface area contributed by atoms with Crippen molar-refractivity contribution < 1.29 is 14.4 Å². The molecule has 2 aliphatic heterocycles. The molecule has 1 saturated heterocycles. The van der Waals surface area contributed by atoms with E-state index in [4.69, 9.17) is 5.73 Å². The summed E-state index contributed by atoms with van der Waals surface area (Å²) < 4.78 is 2.08. The van der Waals surface area contributed by atoms with Gasteiger partial charge in [-0.2, -0.15) is 0 Å². The van der Waals surface area contributed by atoms with E-state index in [0.29, 0.717) is 52.1 Å². The molecule has 35 heavy (non-hydrogen) atoms. The van der Waals surface area contributed by atoms with Crippen LogP contribution in [-0.4, -0.2) is 74.3 Å². The minimum Gasteiger partial charge on any atom is -0.351 e. The number of aromatic nitrogens is 2. The van der Waals surface area contributed by atoms with Gasteiger partial charge in [-0.05, 0) is 23.0 Å². The van der Waals surface area contributed by atoms with Gasteiger partial charge in [-0.25, -0.2) is 9.78 Å². The summed E-state index contributed by atoms with van der Waals surface area (Å²) in [5.74, 6) is -0.227. The first-order valence-electron chi connectivity index (χ1n) is 12.3. The lowest BCUT2D eigenvalue weighted by Gasteiger charge is -2.37. The first kappa shape index (κ1) is 24.8. The second-order valence-corrected chi connectivity index (χ2v) is 10.6. The zero-order chi connectivity index (χ0) is 25.3. The van der Waals surface area contributed by atoms with Crippen molar-refractivity contribution in [1.82, 2.24) is 24.3 Å². The third-order valence-electron chi connectivity index (χ3n) is 7.10. The zero-order valence-corrected chi connectivity index (χ0v) is 21.2. The molecule has 0 aliphatic carbocycles. The van der Waals surface area contributed by atoms with E-state index in [1.54, 1.807) is 14.7 Å². The number of nitrogens with zero attached hydrogens (tertiary/aromatic N) is 5. The standard InChI is InChI=1S/C26H36N6O3/c1-18(33)32-16-23-21(14-22(32)24(34)29-10-5-11-30(13-12-29)25(27)35)28-17-31(23)15-19-6-8-20(9-7-19)26(2,3)4/h6-9,17,22H,5,10-16H2,1-4H3,(H2,27,35). The fourth-order valence-corrected chi connectivity index (χ4v) is 4.93. The minimum absolute atomic E-state index is 0.0931. The molecular weight excluding hydrogens is 444 g/mol. The number of urea groups is 1. The highest BCUT2D eigenvalue weighted by molar-refractivity contribution is 5.87. The molecule has 1 atom stereocenters. The highest BCUT2D eigenvalue weighted by atomic mass is 16.2. The normalized spacial score (nSPS) is 18.7. The molecular formula is C26H36N6O3. The van der Waals surface area contributed by atoms with E-state index in [1.165, 1.54) is 12.5 Å². The van der Waals surface area contributed by atoms with Gasteiger partial charge in [0, 0.05) is 46.1 Å². The molecule has 2 N–H and O–H groups in total. The Morgan fingerprint density at radius 2 is 1.69 bits per heavy atom. The molecule has 188 valence electrons. The quantitative estimate of drug-likeness (QED) is 0.726. The molecule has 1 aromatic heterocycles. The lowest BCUT2D eigenvalue weighted by atomic mass is 9.87. The number of hydrogen-bond acceptors (Lipinski definition) is 4. The lowest BCUT2D eigenvalue weighted by molar-refractivity contribution is -0.146. The summed E-state index contributed by atoms with van der Waals surface area (Å²) in [5.41, 5.74) is 9.80. The van der Waals surface area contributed by atoms with Crippen molar-refractivity contribution >= 4 is 17.8 Å². The first-order valence-corrected chi connectivity index (χ1v) is 12.3. The van der Waals surface area contributed by atoms with Crippen molar-refractivity contribution in [2.75, 3.05) is 26.2 Å². The van der Waals surface area contributed by atoms with E-state index in [0.717, 1.165) is 17.0 Å². The molecule has 3 heterocycles. The summed E-state index contributed by atoms with van der Waals surface area (Å²) in [7, 11) is 0. The van der Waals surface area contributed by atoms with Crippen LogP contribution in [0.1, 0.15) is 56.6 Å². The molecule has 0 radical (unpaired) electrons. The average molecular weight is 481 g/mol. The fourth-order valence-electron chi connectivity index (χ4n) is 4.93. The minimum atomic E-state index is -0.588. The maximum Gasteiger partial charge on any atom is 0.314 e. The number of benzene rings is 1. The Balaban J connectivity index is 1.51. The van der Waals surface area contributed by atoms with E-state index < -0.39 is 12.1 Å². The van der Waals surface area contributed by atoms with Crippen LogP contribution in [-0.2, 0) is 34.5 Å². The van der Waals surface area contributed by atoms with Crippen LogP contribution in [0.5, 0.6) is 0 Å². The second-order valence-electron chi connectivity index (χ2n) is 10.6. The summed E-state index contributed by atoms with van der Waals surface area (Å²) >= 11 is 0. The van der Waals surface area contributed by atoms with Gasteiger partial charge in [0.15, 0.2) is 0 Å². The smallest absolute Gasteiger partial charge is 0.314 e. The van der Waals surface area contributed by atoms with E-state index in [9.17, 15) is 14.4 Å².